The first kappa shape index (κ1) is 16.0. The van der Waals surface area contributed by atoms with E-state index in [1.54, 1.807) is 11.8 Å². The number of amides is 1. The standard InChI is InChI=1S/C15H27NO3/c1-3-4-5-6-7-8-9-13(17)16-11-10-15(2,12-16)14(18)19/h3-12H2,1-2H3,(H,18,19). The van der Waals surface area contributed by atoms with Gasteiger partial charge in [0, 0.05) is 19.5 Å². The van der Waals surface area contributed by atoms with Crippen molar-refractivity contribution in [1.82, 2.24) is 4.90 Å². The van der Waals surface area contributed by atoms with Crippen LogP contribution in [-0.2, 0) is 9.59 Å². The molecule has 1 amide bonds. The van der Waals surface area contributed by atoms with Crippen LogP contribution in [0.2, 0.25) is 0 Å². The highest BCUT2D eigenvalue weighted by Crippen LogP contribution is 2.30. The van der Waals surface area contributed by atoms with Gasteiger partial charge in [-0.3, -0.25) is 9.59 Å². The Bertz CT molecular complexity index is 317. The quantitative estimate of drug-likeness (QED) is 0.689. The zero-order valence-corrected chi connectivity index (χ0v) is 12.3. The maximum atomic E-state index is 12.0. The zero-order valence-electron chi connectivity index (χ0n) is 12.3. The molecule has 1 N–H and O–H groups in total. The van der Waals surface area contributed by atoms with Gasteiger partial charge in [0.05, 0.1) is 5.41 Å². The van der Waals surface area contributed by atoms with E-state index in [-0.39, 0.29) is 5.91 Å². The van der Waals surface area contributed by atoms with Crippen molar-refractivity contribution in [2.24, 2.45) is 5.41 Å². The zero-order chi connectivity index (χ0) is 14.3. The lowest BCUT2D eigenvalue weighted by Gasteiger charge is -2.20. The molecule has 4 heteroatoms. The molecule has 0 aromatic rings. The molecule has 110 valence electrons. The Morgan fingerprint density at radius 1 is 1.16 bits per heavy atom. The van der Waals surface area contributed by atoms with Crippen LogP contribution in [0, 0.1) is 5.41 Å². The molecule has 1 saturated heterocycles. The first-order chi connectivity index (χ1) is 8.99. The van der Waals surface area contributed by atoms with E-state index in [1.807, 2.05) is 0 Å². The van der Waals surface area contributed by atoms with E-state index in [1.165, 1.54) is 25.7 Å². The van der Waals surface area contributed by atoms with Crippen molar-refractivity contribution >= 4 is 11.9 Å². The average molecular weight is 269 g/mol. The Morgan fingerprint density at radius 3 is 2.37 bits per heavy atom. The summed E-state index contributed by atoms with van der Waals surface area (Å²) in [6.45, 7) is 4.89. The van der Waals surface area contributed by atoms with Crippen molar-refractivity contribution in [2.75, 3.05) is 13.1 Å². The lowest BCUT2D eigenvalue weighted by atomic mass is 9.90. The summed E-state index contributed by atoms with van der Waals surface area (Å²) >= 11 is 0. The third-order valence-corrected chi connectivity index (χ3v) is 4.09. The second-order valence-electron chi connectivity index (χ2n) is 5.95. The minimum absolute atomic E-state index is 0.125. The van der Waals surface area contributed by atoms with Crippen LogP contribution in [0.3, 0.4) is 0 Å². The van der Waals surface area contributed by atoms with Crippen molar-refractivity contribution in [2.45, 2.75) is 65.2 Å². The number of aliphatic carboxylic acids is 1. The molecule has 1 rings (SSSR count). The van der Waals surface area contributed by atoms with Crippen LogP contribution < -0.4 is 0 Å². The molecule has 1 aliphatic rings. The van der Waals surface area contributed by atoms with Gasteiger partial charge in [0.1, 0.15) is 0 Å². The molecule has 0 saturated carbocycles. The molecule has 1 heterocycles. The second kappa shape index (κ2) is 7.51. The average Bonchev–Trinajstić information content (AvgIpc) is 2.78. The molecule has 0 spiro atoms. The van der Waals surface area contributed by atoms with E-state index in [0.717, 1.165) is 12.8 Å². The molecule has 0 radical (unpaired) electrons. The van der Waals surface area contributed by atoms with E-state index in [2.05, 4.69) is 6.92 Å². The molecular formula is C15H27NO3. The minimum atomic E-state index is -0.789. The maximum Gasteiger partial charge on any atom is 0.311 e. The summed E-state index contributed by atoms with van der Waals surface area (Å²) in [4.78, 5) is 24.8. The number of carboxylic acid groups (broad SMARTS) is 1. The van der Waals surface area contributed by atoms with Crippen LogP contribution in [0.1, 0.15) is 65.2 Å². The fourth-order valence-electron chi connectivity index (χ4n) is 2.56. The van der Waals surface area contributed by atoms with Crippen LogP contribution in [-0.4, -0.2) is 35.0 Å². The fourth-order valence-corrected chi connectivity index (χ4v) is 2.56. The number of nitrogens with zero attached hydrogens (tertiary/aromatic N) is 1. The first-order valence-corrected chi connectivity index (χ1v) is 7.51. The van der Waals surface area contributed by atoms with Crippen molar-refractivity contribution in [3.05, 3.63) is 0 Å². The Morgan fingerprint density at radius 2 is 1.79 bits per heavy atom. The van der Waals surface area contributed by atoms with Gasteiger partial charge in [0.2, 0.25) is 5.91 Å². The molecule has 0 aromatic heterocycles. The minimum Gasteiger partial charge on any atom is -0.481 e. The Labute approximate surface area is 116 Å². The van der Waals surface area contributed by atoms with Gasteiger partial charge >= 0.3 is 5.97 Å². The van der Waals surface area contributed by atoms with Gasteiger partial charge in [-0.15, -0.1) is 0 Å². The van der Waals surface area contributed by atoms with Gasteiger partial charge in [0.15, 0.2) is 0 Å². The van der Waals surface area contributed by atoms with E-state index in [9.17, 15) is 9.59 Å². The lowest BCUT2D eigenvalue weighted by Crippen LogP contribution is -2.34. The van der Waals surface area contributed by atoms with Crippen molar-refractivity contribution < 1.29 is 14.7 Å². The van der Waals surface area contributed by atoms with Crippen molar-refractivity contribution in [1.29, 1.82) is 0 Å². The molecule has 0 aliphatic carbocycles. The molecule has 0 aromatic carbocycles. The molecular weight excluding hydrogens is 242 g/mol. The number of likely N-dealkylation sites (tertiary alicyclic amines) is 1. The number of unbranched alkanes of at least 4 members (excludes halogenated alkanes) is 5. The lowest BCUT2D eigenvalue weighted by molar-refractivity contribution is -0.147. The van der Waals surface area contributed by atoms with Crippen molar-refractivity contribution in [3.63, 3.8) is 0 Å². The SMILES string of the molecule is CCCCCCCCC(=O)N1CCC(C)(C(=O)O)C1. The number of carbonyl (C=O) groups excluding carboxylic acids is 1. The van der Waals surface area contributed by atoms with Gasteiger partial charge in [-0.05, 0) is 19.8 Å². The molecule has 19 heavy (non-hydrogen) atoms. The number of hydrogen-bond acceptors (Lipinski definition) is 2. The predicted octanol–water partition coefficient (Wildman–Crippen LogP) is 3.06. The summed E-state index contributed by atoms with van der Waals surface area (Å²) in [6.07, 6.45) is 8.15. The highest BCUT2D eigenvalue weighted by molar-refractivity contribution is 5.80. The third kappa shape index (κ3) is 4.84. The highest BCUT2D eigenvalue weighted by Gasteiger charge is 2.41. The number of hydrogen-bond donors (Lipinski definition) is 1. The molecule has 0 bridgehead atoms. The summed E-state index contributed by atoms with van der Waals surface area (Å²) in [7, 11) is 0. The van der Waals surface area contributed by atoms with Crippen LogP contribution in [0.25, 0.3) is 0 Å². The summed E-state index contributed by atoms with van der Waals surface area (Å²) in [6, 6.07) is 0. The molecule has 1 atom stereocenters. The van der Waals surface area contributed by atoms with Gasteiger partial charge in [-0.25, -0.2) is 0 Å². The van der Waals surface area contributed by atoms with Crippen molar-refractivity contribution in [3.8, 4) is 0 Å². The number of rotatable bonds is 8. The summed E-state index contributed by atoms with van der Waals surface area (Å²) in [5.41, 5.74) is -0.739. The van der Waals surface area contributed by atoms with E-state index < -0.39 is 11.4 Å². The number of carboxylic acids is 1. The topological polar surface area (TPSA) is 57.6 Å². The summed E-state index contributed by atoms with van der Waals surface area (Å²) < 4.78 is 0. The maximum absolute atomic E-state index is 12.0. The van der Waals surface area contributed by atoms with Gasteiger partial charge in [-0.1, -0.05) is 39.0 Å². The van der Waals surface area contributed by atoms with E-state index >= 15 is 0 Å². The molecule has 1 unspecified atom stereocenters. The Kier molecular flexibility index (Phi) is 6.32. The van der Waals surface area contributed by atoms with Crippen LogP contribution in [0.5, 0.6) is 0 Å². The van der Waals surface area contributed by atoms with Crippen LogP contribution in [0.4, 0.5) is 0 Å². The summed E-state index contributed by atoms with van der Waals surface area (Å²) in [5, 5.41) is 9.13. The molecule has 1 fully saturated rings. The normalized spacial score (nSPS) is 22.7. The first-order valence-electron chi connectivity index (χ1n) is 7.51. The van der Waals surface area contributed by atoms with E-state index in [0.29, 0.717) is 25.9 Å². The smallest absolute Gasteiger partial charge is 0.311 e. The molecule has 4 nitrogen and oxygen atoms in total. The van der Waals surface area contributed by atoms with Gasteiger partial charge in [0.25, 0.3) is 0 Å². The Hall–Kier alpha value is -1.06. The summed E-state index contributed by atoms with van der Waals surface area (Å²) in [5.74, 6) is -0.664. The van der Waals surface area contributed by atoms with Crippen LogP contribution >= 0.6 is 0 Å². The van der Waals surface area contributed by atoms with Gasteiger partial charge in [-0.2, -0.15) is 0 Å². The predicted molar refractivity (Wildman–Crippen MR) is 74.9 cm³/mol. The monoisotopic (exact) mass is 269 g/mol. The van der Waals surface area contributed by atoms with Crippen LogP contribution in [0.15, 0.2) is 0 Å². The molecule has 1 aliphatic heterocycles. The Balaban J connectivity index is 2.19. The number of carbonyl (C=O) groups is 2. The highest BCUT2D eigenvalue weighted by atomic mass is 16.4. The fraction of sp³-hybridized carbons (Fsp3) is 0.867. The third-order valence-electron chi connectivity index (χ3n) is 4.09. The second-order valence-corrected chi connectivity index (χ2v) is 5.95. The van der Waals surface area contributed by atoms with Gasteiger partial charge < -0.3 is 10.0 Å². The van der Waals surface area contributed by atoms with E-state index in [4.69, 9.17) is 5.11 Å². The largest absolute Gasteiger partial charge is 0.481 e.